The van der Waals surface area contributed by atoms with Gasteiger partial charge in [-0.2, -0.15) is 5.26 Å². The molecule has 0 saturated carbocycles. The monoisotopic (exact) mass is 260 g/mol. The van der Waals surface area contributed by atoms with Crippen molar-refractivity contribution < 1.29 is 9.72 Å². The second-order valence-electron chi connectivity index (χ2n) is 4.33. The maximum absolute atomic E-state index is 11.3. The van der Waals surface area contributed by atoms with Crippen molar-refractivity contribution in [2.75, 3.05) is 11.4 Å². The van der Waals surface area contributed by atoms with Gasteiger partial charge in [0, 0.05) is 12.6 Å². The summed E-state index contributed by atoms with van der Waals surface area (Å²) >= 11 is 0. The van der Waals surface area contributed by atoms with Crippen LogP contribution < -0.4 is 10.6 Å². The molecule has 0 aromatic heterocycles. The normalized spacial score (nSPS) is 18.1. The van der Waals surface area contributed by atoms with Crippen LogP contribution in [0.15, 0.2) is 18.2 Å². The number of nitro groups is 1. The molecule has 19 heavy (non-hydrogen) atoms. The van der Waals surface area contributed by atoms with Crippen molar-refractivity contribution in [1.82, 2.24) is 0 Å². The number of carbonyl (C=O) groups excluding carboxylic acids is 1. The third kappa shape index (κ3) is 2.33. The number of nitriles is 1. The Hall–Kier alpha value is -2.62. The number of rotatable bonds is 3. The quantitative estimate of drug-likeness (QED) is 0.641. The number of carbonyl (C=O) groups is 1. The average Bonchev–Trinajstić information content (AvgIpc) is 2.87. The summed E-state index contributed by atoms with van der Waals surface area (Å²) in [6.45, 7) is 0.542. The van der Waals surface area contributed by atoms with E-state index < -0.39 is 16.9 Å². The second-order valence-corrected chi connectivity index (χ2v) is 4.33. The molecule has 1 saturated heterocycles. The molecular weight excluding hydrogens is 248 g/mol. The number of nitro benzene ring substituents is 1. The van der Waals surface area contributed by atoms with E-state index in [2.05, 4.69) is 0 Å². The molecule has 1 atom stereocenters. The molecule has 1 aliphatic heterocycles. The second kappa shape index (κ2) is 4.94. The Bertz CT molecular complexity index is 579. The molecule has 0 aliphatic carbocycles. The minimum atomic E-state index is -0.549. The van der Waals surface area contributed by atoms with Crippen molar-refractivity contribution in [2.45, 2.75) is 18.9 Å². The number of benzene rings is 1. The van der Waals surface area contributed by atoms with Crippen molar-refractivity contribution >= 4 is 17.3 Å². The minimum absolute atomic E-state index is 0.174. The average molecular weight is 260 g/mol. The van der Waals surface area contributed by atoms with Gasteiger partial charge < -0.3 is 10.6 Å². The van der Waals surface area contributed by atoms with Crippen LogP contribution in [-0.4, -0.2) is 23.4 Å². The van der Waals surface area contributed by atoms with E-state index in [0.717, 1.165) is 6.42 Å². The number of amides is 1. The number of nitrogens with two attached hydrogens (primary N) is 1. The molecule has 1 aromatic carbocycles. The van der Waals surface area contributed by atoms with E-state index in [-0.39, 0.29) is 11.3 Å². The van der Waals surface area contributed by atoms with E-state index in [1.54, 1.807) is 4.90 Å². The highest BCUT2D eigenvalue weighted by atomic mass is 16.6. The van der Waals surface area contributed by atoms with E-state index in [1.165, 1.54) is 18.2 Å². The summed E-state index contributed by atoms with van der Waals surface area (Å²) in [6, 6.07) is 5.55. The van der Waals surface area contributed by atoms with Crippen LogP contribution in [0.3, 0.4) is 0 Å². The lowest BCUT2D eigenvalue weighted by Crippen LogP contribution is -2.40. The van der Waals surface area contributed by atoms with Crippen LogP contribution in [0.2, 0.25) is 0 Å². The lowest BCUT2D eigenvalue weighted by molar-refractivity contribution is -0.384. The van der Waals surface area contributed by atoms with Gasteiger partial charge in [0.05, 0.1) is 16.6 Å². The fourth-order valence-electron chi connectivity index (χ4n) is 2.33. The highest BCUT2D eigenvalue weighted by molar-refractivity contribution is 5.85. The van der Waals surface area contributed by atoms with E-state index in [9.17, 15) is 14.9 Å². The lowest BCUT2D eigenvalue weighted by Gasteiger charge is -2.23. The number of anilines is 1. The first-order valence-electron chi connectivity index (χ1n) is 5.79. The maximum atomic E-state index is 11.3. The van der Waals surface area contributed by atoms with Gasteiger partial charge in [0.2, 0.25) is 5.91 Å². The molecule has 2 rings (SSSR count). The van der Waals surface area contributed by atoms with Gasteiger partial charge in [-0.1, -0.05) is 0 Å². The molecule has 98 valence electrons. The van der Waals surface area contributed by atoms with Gasteiger partial charge in [-0.25, -0.2) is 0 Å². The Morgan fingerprint density at radius 2 is 2.32 bits per heavy atom. The molecule has 1 aromatic rings. The molecule has 2 N–H and O–H groups in total. The molecular formula is C12H12N4O3. The predicted molar refractivity (Wildman–Crippen MR) is 67.4 cm³/mol. The Morgan fingerprint density at radius 1 is 1.58 bits per heavy atom. The van der Waals surface area contributed by atoms with Gasteiger partial charge in [-0.05, 0) is 25.0 Å². The van der Waals surface area contributed by atoms with Crippen molar-refractivity contribution in [3.63, 3.8) is 0 Å². The fraction of sp³-hybridized carbons (Fsp3) is 0.333. The summed E-state index contributed by atoms with van der Waals surface area (Å²) in [7, 11) is 0. The molecule has 1 aliphatic rings. The van der Waals surface area contributed by atoms with Crippen LogP contribution in [0.5, 0.6) is 0 Å². The van der Waals surface area contributed by atoms with E-state index >= 15 is 0 Å². The predicted octanol–water partition coefficient (Wildman–Crippen LogP) is 0.921. The van der Waals surface area contributed by atoms with Crippen LogP contribution in [0.1, 0.15) is 18.4 Å². The van der Waals surface area contributed by atoms with Crippen LogP contribution in [0.25, 0.3) is 0 Å². The summed E-state index contributed by atoms with van der Waals surface area (Å²) in [4.78, 5) is 23.5. The zero-order valence-electron chi connectivity index (χ0n) is 10.1. The number of hydrogen-bond donors (Lipinski definition) is 1. The smallest absolute Gasteiger partial charge is 0.293 e. The number of hydrogen-bond acceptors (Lipinski definition) is 5. The zero-order chi connectivity index (χ0) is 14.0. The van der Waals surface area contributed by atoms with Crippen molar-refractivity contribution in [1.29, 1.82) is 5.26 Å². The standard InChI is InChI=1S/C12H12N4O3/c13-7-8-3-4-9(11(6-8)16(18)19)15-5-1-2-10(15)12(14)17/h3-4,6,10H,1-2,5H2,(H2,14,17). The zero-order valence-corrected chi connectivity index (χ0v) is 10.1. The largest absolute Gasteiger partial charge is 0.368 e. The molecule has 0 bridgehead atoms. The van der Waals surface area contributed by atoms with Crippen molar-refractivity contribution in [3.05, 3.63) is 33.9 Å². The van der Waals surface area contributed by atoms with Gasteiger partial charge in [0.15, 0.2) is 0 Å². The topological polar surface area (TPSA) is 113 Å². The van der Waals surface area contributed by atoms with Crippen LogP contribution in [0, 0.1) is 21.4 Å². The molecule has 7 nitrogen and oxygen atoms in total. The Labute approximate surface area is 109 Å². The first-order valence-corrected chi connectivity index (χ1v) is 5.79. The van der Waals surface area contributed by atoms with Crippen LogP contribution >= 0.6 is 0 Å². The third-order valence-corrected chi connectivity index (χ3v) is 3.19. The Morgan fingerprint density at radius 3 is 2.89 bits per heavy atom. The maximum Gasteiger partial charge on any atom is 0.293 e. The molecule has 1 amide bonds. The van der Waals surface area contributed by atoms with Gasteiger partial charge >= 0.3 is 0 Å². The molecule has 1 fully saturated rings. The van der Waals surface area contributed by atoms with E-state index in [0.29, 0.717) is 18.7 Å². The van der Waals surface area contributed by atoms with Gasteiger partial charge in [0.1, 0.15) is 11.7 Å². The van der Waals surface area contributed by atoms with E-state index in [4.69, 9.17) is 11.0 Å². The van der Waals surface area contributed by atoms with Crippen LogP contribution in [0.4, 0.5) is 11.4 Å². The first kappa shape index (κ1) is 12.8. The molecule has 7 heteroatoms. The van der Waals surface area contributed by atoms with Crippen molar-refractivity contribution in [2.24, 2.45) is 5.73 Å². The lowest BCUT2D eigenvalue weighted by atomic mass is 10.1. The van der Waals surface area contributed by atoms with Gasteiger partial charge in [0.25, 0.3) is 5.69 Å². The van der Waals surface area contributed by atoms with E-state index in [1.807, 2.05) is 6.07 Å². The third-order valence-electron chi connectivity index (χ3n) is 3.19. The van der Waals surface area contributed by atoms with Gasteiger partial charge in [-0.15, -0.1) is 0 Å². The summed E-state index contributed by atoms with van der Waals surface area (Å²) in [5, 5.41) is 19.9. The minimum Gasteiger partial charge on any atom is -0.368 e. The SMILES string of the molecule is N#Cc1ccc(N2CCCC2C(N)=O)c([N+](=O)[O-])c1. The summed E-state index contributed by atoms with van der Waals surface area (Å²) < 4.78 is 0. The van der Waals surface area contributed by atoms with Crippen LogP contribution in [-0.2, 0) is 4.79 Å². The van der Waals surface area contributed by atoms with Crippen molar-refractivity contribution in [3.8, 4) is 6.07 Å². The molecule has 0 spiro atoms. The summed E-state index contributed by atoms with van der Waals surface area (Å²) in [5.74, 6) is -0.490. The Kier molecular flexibility index (Phi) is 3.33. The summed E-state index contributed by atoms with van der Waals surface area (Å²) in [6.07, 6.45) is 1.34. The summed E-state index contributed by atoms with van der Waals surface area (Å²) in [5.41, 5.74) is 5.68. The molecule has 0 radical (unpaired) electrons. The highest BCUT2D eigenvalue weighted by Gasteiger charge is 2.33. The van der Waals surface area contributed by atoms with Gasteiger partial charge in [-0.3, -0.25) is 14.9 Å². The fourth-order valence-corrected chi connectivity index (χ4v) is 2.33. The Balaban J connectivity index is 2.47. The first-order chi connectivity index (χ1) is 9.04. The highest BCUT2D eigenvalue weighted by Crippen LogP contribution is 2.34. The number of primary amides is 1. The number of nitrogens with zero attached hydrogens (tertiary/aromatic N) is 3. The molecule has 1 heterocycles. The molecule has 1 unspecified atom stereocenters.